The molecule has 0 spiro atoms. The second kappa shape index (κ2) is 6.58. The number of aromatic nitrogens is 2. The van der Waals surface area contributed by atoms with Crippen LogP contribution in [0.3, 0.4) is 0 Å². The molecule has 2 fully saturated rings. The van der Waals surface area contributed by atoms with Crippen LogP contribution in [-0.2, 0) is 6.54 Å². The average molecular weight is 305 g/mol. The molecule has 1 aliphatic carbocycles. The van der Waals surface area contributed by atoms with Gasteiger partial charge in [-0.15, -0.1) is 35.9 Å². The van der Waals surface area contributed by atoms with Gasteiger partial charge in [-0.25, -0.2) is 4.98 Å². The third kappa shape index (κ3) is 3.02. The van der Waals surface area contributed by atoms with Crippen molar-refractivity contribution >= 4 is 35.9 Å². The Hall–Kier alpha value is 0.200. The Labute approximate surface area is 124 Å². The highest BCUT2D eigenvalue weighted by Crippen LogP contribution is 2.54. The number of halogens is 1. The highest BCUT2D eigenvalue weighted by atomic mass is 35.5. The average Bonchev–Trinajstić information content (AvgIpc) is 3.03. The first-order chi connectivity index (χ1) is 8.39. The molecule has 0 amide bonds. The van der Waals surface area contributed by atoms with Gasteiger partial charge in [-0.3, -0.25) is 0 Å². The molecule has 1 aromatic rings. The van der Waals surface area contributed by atoms with Crippen molar-refractivity contribution in [3.05, 3.63) is 18.7 Å². The van der Waals surface area contributed by atoms with Crippen molar-refractivity contribution < 1.29 is 0 Å². The second-order valence-electron chi connectivity index (χ2n) is 5.08. The Morgan fingerprint density at radius 3 is 2.50 bits per heavy atom. The zero-order valence-corrected chi connectivity index (χ0v) is 13.0. The summed E-state index contributed by atoms with van der Waals surface area (Å²) in [5.74, 6) is 3.57. The molecule has 18 heavy (non-hydrogen) atoms. The molecule has 0 bridgehead atoms. The lowest BCUT2D eigenvalue weighted by molar-refractivity contribution is 0.317. The van der Waals surface area contributed by atoms with E-state index < -0.39 is 0 Å². The van der Waals surface area contributed by atoms with Crippen molar-refractivity contribution in [3.8, 4) is 0 Å². The molecular weight excluding hydrogens is 284 g/mol. The quantitative estimate of drug-likeness (QED) is 0.838. The third-order valence-electron chi connectivity index (χ3n) is 3.97. The van der Waals surface area contributed by atoms with E-state index in [2.05, 4.69) is 39.3 Å². The van der Waals surface area contributed by atoms with Crippen LogP contribution in [0.2, 0.25) is 0 Å². The third-order valence-corrected chi connectivity index (χ3v) is 7.65. The van der Waals surface area contributed by atoms with E-state index in [4.69, 9.17) is 0 Å². The van der Waals surface area contributed by atoms with Crippen LogP contribution in [0.15, 0.2) is 18.7 Å². The molecule has 2 heterocycles. The molecule has 5 heteroatoms. The summed E-state index contributed by atoms with van der Waals surface area (Å²) in [6.45, 7) is 1.15. The lowest BCUT2D eigenvalue weighted by Gasteiger charge is -2.38. The van der Waals surface area contributed by atoms with Gasteiger partial charge in [0.25, 0.3) is 0 Å². The van der Waals surface area contributed by atoms with Gasteiger partial charge in [0.1, 0.15) is 0 Å². The van der Waals surface area contributed by atoms with Crippen molar-refractivity contribution in [2.75, 3.05) is 11.5 Å². The summed E-state index contributed by atoms with van der Waals surface area (Å²) in [7, 11) is 0. The molecule has 0 N–H and O–H groups in total. The molecule has 0 aromatic carbocycles. The number of imidazole rings is 1. The molecule has 0 radical (unpaired) electrons. The monoisotopic (exact) mass is 304 g/mol. The fourth-order valence-electron chi connectivity index (χ4n) is 3.10. The van der Waals surface area contributed by atoms with E-state index in [-0.39, 0.29) is 12.4 Å². The van der Waals surface area contributed by atoms with Gasteiger partial charge in [-0.05, 0) is 18.8 Å². The Kier molecular flexibility index (Phi) is 5.34. The van der Waals surface area contributed by atoms with E-state index >= 15 is 0 Å². The molecular formula is C13H21ClN2S2. The number of hydrogen-bond acceptors (Lipinski definition) is 3. The van der Waals surface area contributed by atoms with E-state index in [1.165, 1.54) is 43.6 Å². The number of nitrogens with zero attached hydrogens (tertiary/aromatic N) is 2. The highest BCUT2D eigenvalue weighted by molar-refractivity contribution is 8.21. The lowest BCUT2D eigenvalue weighted by Crippen LogP contribution is -2.35. The fraction of sp³-hybridized carbons (Fsp3) is 0.769. The summed E-state index contributed by atoms with van der Waals surface area (Å²) in [5.41, 5.74) is 0. The topological polar surface area (TPSA) is 17.8 Å². The van der Waals surface area contributed by atoms with E-state index in [1.54, 1.807) is 0 Å². The van der Waals surface area contributed by atoms with E-state index in [0.717, 1.165) is 12.5 Å². The molecule has 0 atom stereocenters. The van der Waals surface area contributed by atoms with Crippen molar-refractivity contribution in [3.63, 3.8) is 0 Å². The van der Waals surface area contributed by atoms with Crippen LogP contribution in [0, 0.1) is 5.92 Å². The molecule has 1 saturated heterocycles. The Balaban J connectivity index is 0.00000120. The van der Waals surface area contributed by atoms with Gasteiger partial charge in [0.05, 0.1) is 10.4 Å². The second-order valence-corrected chi connectivity index (χ2v) is 8.19. The first-order valence-corrected chi connectivity index (χ1v) is 8.60. The van der Waals surface area contributed by atoms with Crippen molar-refractivity contribution in [1.82, 2.24) is 9.55 Å². The standard InChI is InChI=1S/C13H20N2S2.ClH/c1-2-4-12(5-3-1)13(16-8-9-17-13)10-15-7-6-14-11-15;/h6-7,11-12H,1-5,8-10H2;1H. The molecule has 1 aliphatic heterocycles. The van der Waals surface area contributed by atoms with E-state index in [1.807, 2.05) is 12.5 Å². The summed E-state index contributed by atoms with van der Waals surface area (Å²) >= 11 is 4.42. The molecule has 1 aromatic heterocycles. The van der Waals surface area contributed by atoms with E-state index in [0.29, 0.717) is 4.08 Å². The maximum atomic E-state index is 4.18. The smallest absolute Gasteiger partial charge is 0.0946 e. The molecule has 1 saturated carbocycles. The van der Waals surface area contributed by atoms with Crippen LogP contribution in [0.25, 0.3) is 0 Å². The maximum Gasteiger partial charge on any atom is 0.0946 e. The summed E-state index contributed by atoms with van der Waals surface area (Å²) in [4.78, 5) is 4.18. The Morgan fingerprint density at radius 2 is 1.89 bits per heavy atom. The SMILES string of the molecule is Cl.c1cn(CC2(C3CCCCC3)SCCS2)cn1. The van der Waals surface area contributed by atoms with Crippen LogP contribution in [0.1, 0.15) is 32.1 Å². The molecule has 102 valence electrons. The first kappa shape index (κ1) is 14.6. The van der Waals surface area contributed by atoms with Crippen molar-refractivity contribution in [2.45, 2.75) is 42.7 Å². The number of hydrogen-bond donors (Lipinski definition) is 0. The van der Waals surface area contributed by atoms with Crippen LogP contribution >= 0.6 is 35.9 Å². The van der Waals surface area contributed by atoms with Gasteiger partial charge < -0.3 is 4.57 Å². The minimum atomic E-state index is 0. The summed E-state index contributed by atoms with van der Waals surface area (Å²) in [6, 6.07) is 0. The minimum absolute atomic E-state index is 0. The van der Waals surface area contributed by atoms with Gasteiger partial charge in [0.15, 0.2) is 0 Å². The Morgan fingerprint density at radius 1 is 1.17 bits per heavy atom. The predicted octanol–water partition coefficient (Wildman–Crippen LogP) is 4.06. The lowest BCUT2D eigenvalue weighted by atomic mass is 9.86. The summed E-state index contributed by atoms with van der Waals surface area (Å²) in [6.07, 6.45) is 13.2. The minimum Gasteiger partial charge on any atom is -0.335 e. The maximum absolute atomic E-state index is 4.18. The van der Waals surface area contributed by atoms with Crippen LogP contribution in [-0.4, -0.2) is 25.1 Å². The molecule has 2 nitrogen and oxygen atoms in total. The van der Waals surface area contributed by atoms with Crippen molar-refractivity contribution in [1.29, 1.82) is 0 Å². The summed E-state index contributed by atoms with van der Waals surface area (Å²) in [5, 5.41) is 0. The largest absolute Gasteiger partial charge is 0.335 e. The number of rotatable bonds is 3. The van der Waals surface area contributed by atoms with Crippen LogP contribution < -0.4 is 0 Å². The zero-order chi connectivity index (χ0) is 11.6. The van der Waals surface area contributed by atoms with Crippen LogP contribution in [0.5, 0.6) is 0 Å². The molecule has 3 rings (SSSR count). The van der Waals surface area contributed by atoms with E-state index in [9.17, 15) is 0 Å². The number of thioether (sulfide) groups is 2. The molecule has 2 aliphatic rings. The van der Waals surface area contributed by atoms with Crippen molar-refractivity contribution in [2.24, 2.45) is 5.92 Å². The van der Waals surface area contributed by atoms with Gasteiger partial charge in [-0.2, -0.15) is 0 Å². The first-order valence-electron chi connectivity index (χ1n) is 6.63. The highest BCUT2D eigenvalue weighted by Gasteiger charge is 2.43. The fourth-order valence-corrected chi connectivity index (χ4v) is 6.72. The van der Waals surface area contributed by atoms with Crippen LogP contribution in [0.4, 0.5) is 0 Å². The zero-order valence-electron chi connectivity index (χ0n) is 10.6. The van der Waals surface area contributed by atoms with Gasteiger partial charge in [0.2, 0.25) is 0 Å². The van der Waals surface area contributed by atoms with Gasteiger partial charge in [-0.1, -0.05) is 19.3 Å². The predicted molar refractivity (Wildman–Crippen MR) is 83.7 cm³/mol. The van der Waals surface area contributed by atoms with Gasteiger partial charge in [0, 0.05) is 30.4 Å². The summed E-state index contributed by atoms with van der Waals surface area (Å²) < 4.78 is 2.72. The molecule has 0 unspecified atom stereocenters. The van der Waals surface area contributed by atoms with Gasteiger partial charge >= 0.3 is 0 Å². The Bertz CT molecular complexity index is 344. The normalized spacial score (nSPS) is 23.8.